The highest BCUT2D eigenvalue weighted by molar-refractivity contribution is 5.78. The Balaban J connectivity index is 1.46. The maximum Gasteiger partial charge on any atom is 0.236 e. The third-order valence-electron chi connectivity index (χ3n) is 4.45. The van der Waals surface area contributed by atoms with Gasteiger partial charge in [0.15, 0.2) is 5.82 Å². The zero-order valence-corrected chi connectivity index (χ0v) is 14.8. The standard InChI is InChI=1S/C17H25N7O/c1-22(11-14-9-20-23(2)12-14)17(25)10-18-15-5-4-8-24(13-15)16-6-3-7-19-21-16/h3,6-7,9,12,15,18H,4-5,8,10-11,13H2,1-2H3. The van der Waals surface area contributed by atoms with Gasteiger partial charge in [0.05, 0.1) is 12.7 Å². The highest BCUT2D eigenvalue weighted by Crippen LogP contribution is 2.16. The van der Waals surface area contributed by atoms with Gasteiger partial charge in [-0.05, 0) is 25.0 Å². The molecular formula is C17H25N7O. The van der Waals surface area contributed by atoms with E-state index in [2.05, 4.69) is 25.5 Å². The molecule has 1 fully saturated rings. The van der Waals surface area contributed by atoms with Gasteiger partial charge in [-0.15, -0.1) is 5.10 Å². The van der Waals surface area contributed by atoms with E-state index in [1.165, 1.54) is 0 Å². The van der Waals surface area contributed by atoms with Gasteiger partial charge in [0.2, 0.25) is 5.91 Å². The van der Waals surface area contributed by atoms with Crippen molar-refractivity contribution >= 4 is 11.7 Å². The summed E-state index contributed by atoms with van der Waals surface area (Å²) in [4.78, 5) is 16.3. The Kier molecular flexibility index (Phi) is 5.60. The molecule has 1 amide bonds. The maximum atomic E-state index is 12.3. The van der Waals surface area contributed by atoms with Gasteiger partial charge in [0.25, 0.3) is 0 Å². The van der Waals surface area contributed by atoms with Crippen LogP contribution in [-0.2, 0) is 18.4 Å². The summed E-state index contributed by atoms with van der Waals surface area (Å²) >= 11 is 0. The number of aromatic nitrogens is 4. The first-order chi connectivity index (χ1) is 12.1. The van der Waals surface area contributed by atoms with Crippen LogP contribution in [0.3, 0.4) is 0 Å². The second-order valence-electron chi connectivity index (χ2n) is 6.52. The fraction of sp³-hybridized carbons (Fsp3) is 0.529. The highest BCUT2D eigenvalue weighted by Gasteiger charge is 2.22. The molecule has 3 rings (SSSR count). The molecular weight excluding hydrogens is 318 g/mol. The van der Waals surface area contributed by atoms with Crippen LogP contribution in [-0.4, -0.2) is 63.5 Å². The van der Waals surface area contributed by atoms with Crippen LogP contribution in [0, 0.1) is 0 Å². The SMILES string of the molecule is CN(Cc1cnn(C)c1)C(=O)CNC1CCCN(c2cccnn2)C1. The van der Waals surface area contributed by atoms with Gasteiger partial charge in [-0.3, -0.25) is 9.48 Å². The Morgan fingerprint density at radius 3 is 3.08 bits per heavy atom. The van der Waals surface area contributed by atoms with Crippen molar-refractivity contribution in [3.05, 3.63) is 36.3 Å². The van der Waals surface area contributed by atoms with Crippen LogP contribution in [0.4, 0.5) is 5.82 Å². The summed E-state index contributed by atoms with van der Waals surface area (Å²) < 4.78 is 1.75. The summed E-state index contributed by atoms with van der Waals surface area (Å²) in [7, 11) is 3.70. The molecule has 0 radical (unpaired) electrons. The first kappa shape index (κ1) is 17.3. The number of piperidine rings is 1. The Morgan fingerprint density at radius 1 is 1.48 bits per heavy atom. The van der Waals surface area contributed by atoms with Gasteiger partial charge in [0, 0.05) is 57.7 Å². The molecule has 8 heteroatoms. The van der Waals surface area contributed by atoms with Crippen LogP contribution in [0.25, 0.3) is 0 Å². The summed E-state index contributed by atoms with van der Waals surface area (Å²) in [5.74, 6) is 0.981. The number of aryl methyl sites for hydroxylation is 1. The summed E-state index contributed by atoms with van der Waals surface area (Å²) in [5.41, 5.74) is 1.03. The largest absolute Gasteiger partial charge is 0.354 e. The van der Waals surface area contributed by atoms with E-state index < -0.39 is 0 Å². The normalized spacial score (nSPS) is 17.5. The van der Waals surface area contributed by atoms with Crippen LogP contribution in [0.15, 0.2) is 30.7 Å². The molecule has 0 spiro atoms. The molecule has 0 saturated carbocycles. The third kappa shape index (κ3) is 4.76. The van der Waals surface area contributed by atoms with Crippen LogP contribution < -0.4 is 10.2 Å². The van der Waals surface area contributed by atoms with Crippen molar-refractivity contribution in [2.45, 2.75) is 25.4 Å². The zero-order valence-electron chi connectivity index (χ0n) is 14.8. The molecule has 134 valence electrons. The summed E-state index contributed by atoms with van der Waals surface area (Å²) in [6.45, 7) is 2.74. The predicted molar refractivity (Wildman–Crippen MR) is 95.0 cm³/mol. The number of carbonyl (C=O) groups excluding carboxylic acids is 1. The molecule has 1 aliphatic rings. The Hall–Kier alpha value is -2.48. The lowest BCUT2D eigenvalue weighted by atomic mass is 10.1. The molecule has 0 aromatic carbocycles. The molecule has 2 aromatic heterocycles. The molecule has 0 bridgehead atoms. The second kappa shape index (κ2) is 8.06. The van der Waals surface area contributed by atoms with Gasteiger partial charge in [-0.1, -0.05) is 0 Å². The third-order valence-corrected chi connectivity index (χ3v) is 4.45. The minimum Gasteiger partial charge on any atom is -0.354 e. The van der Waals surface area contributed by atoms with E-state index in [1.54, 1.807) is 22.0 Å². The molecule has 1 atom stereocenters. The topological polar surface area (TPSA) is 79.2 Å². The number of amides is 1. The Bertz CT molecular complexity index is 687. The number of carbonyl (C=O) groups is 1. The van der Waals surface area contributed by atoms with Crippen LogP contribution in [0.5, 0.6) is 0 Å². The smallest absolute Gasteiger partial charge is 0.236 e. The summed E-state index contributed by atoms with van der Waals surface area (Å²) in [6.07, 6.45) is 7.54. The van der Waals surface area contributed by atoms with Crippen molar-refractivity contribution in [1.82, 2.24) is 30.2 Å². The summed E-state index contributed by atoms with van der Waals surface area (Å²) in [5, 5.41) is 15.6. The fourth-order valence-electron chi connectivity index (χ4n) is 3.10. The molecule has 2 aromatic rings. The number of nitrogens with zero attached hydrogens (tertiary/aromatic N) is 6. The Labute approximate surface area is 147 Å². The number of rotatable bonds is 6. The van der Waals surface area contributed by atoms with Crippen molar-refractivity contribution in [3.8, 4) is 0 Å². The highest BCUT2D eigenvalue weighted by atomic mass is 16.2. The average molecular weight is 343 g/mol. The van der Waals surface area contributed by atoms with Gasteiger partial charge < -0.3 is 15.1 Å². The van der Waals surface area contributed by atoms with E-state index in [9.17, 15) is 4.79 Å². The van der Waals surface area contributed by atoms with Gasteiger partial charge in [-0.2, -0.15) is 10.2 Å². The molecule has 0 aliphatic carbocycles. The van der Waals surface area contributed by atoms with E-state index in [1.807, 2.05) is 32.4 Å². The average Bonchev–Trinajstić information content (AvgIpc) is 3.05. The minimum absolute atomic E-state index is 0.0838. The lowest BCUT2D eigenvalue weighted by Gasteiger charge is -2.33. The lowest BCUT2D eigenvalue weighted by molar-refractivity contribution is -0.129. The van der Waals surface area contributed by atoms with Gasteiger partial charge >= 0.3 is 0 Å². The molecule has 1 unspecified atom stereocenters. The molecule has 8 nitrogen and oxygen atoms in total. The number of nitrogens with one attached hydrogen (secondary N) is 1. The van der Waals surface area contributed by atoms with Crippen LogP contribution in [0.2, 0.25) is 0 Å². The molecule has 1 N–H and O–H groups in total. The van der Waals surface area contributed by atoms with E-state index >= 15 is 0 Å². The summed E-state index contributed by atoms with van der Waals surface area (Å²) in [6, 6.07) is 4.16. The number of hydrogen-bond acceptors (Lipinski definition) is 6. The minimum atomic E-state index is 0.0838. The fourth-order valence-corrected chi connectivity index (χ4v) is 3.10. The van der Waals surface area contributed by atoms with Crippen molar-refractivity contribution in [2.75, 3.05) is 31.6 Å². The first-order valence-corrected chi connectivity index (χ1v) is 8.59. The Morgan fingerprint density at radius 2 is 2.36 bits per heavy atom. The number of likely N-dealkylation sites (N-methyl/N-ethyl adjacent to an activating group) is 1. The number of anilines is 1. The van der Waals surface area contributed by atoms with Crippen molar-refractivity contribution < 1.29 is 4.79 Å². The van der Waals surface area contributed by atoms with Crippen molar-refractivity contribution in [2.24, 2.45) is 7.05 Å². The first-order valence-electron chi connectivity index (χ1n) is 8.59. The quantitative estimate of drug-likeness (QED) is 0.819. The zero-order chi connectivity index (χ0) is 17.6. The molecule has 1 aliphatic heterocycles. The molecule has 3 heterocycles. The monoisotopic (exact) mass is 343 g/mol. The van der Waals surface area contributed by atoms with Crippen LogP contribution >= 0.6 is 0 Å². The number of hydrogen-bond donors (Lipinski definition) is 1. The van der Waals surface area contributed by atoms with E-state index in [0.29, 0.717) is 13.1 Å². The van der Waals surface area contributed by atoms with E-state index in [0.717, 1.165) is 37.3 Å². The van der Waals surface area contributed by atoms with Crippen molar-refractivity contribution in [3.63, 3.8) is 0 Å². The predicted octanol–water partition coefficient (Wildman–Crippen LogP) is 0.427. The van der Waals surface area contributed by atoms with E-state index in [-0.39, 0.29) is 11.9 Å². The second-order valence-corrected chi connectivity index (χ2v) is 6.52. The van der Waals surface area contributed by atoms with Crippen LogP contribution in [0.1, 0.15) is 18.4 Å². The van der Waals surface area contributed by atoms with Gasteiger partial charge in [-0.25, -0.2) is 0 Å². The van der Waals surface area contributed by atoms with Crippen molar-refractivity contribution in [1.29, 1.82) is 0 Å². The maximum absolute atomic E-state index is 12.3. The lowest BCUT2D eigenvalue weighted by Crippen LogP contribution is -2.48. The molecule has 25 heavy (non-hydrogen) atoms. The van der Waals surface area contributed by atoms with E-state index in [4.69, 9.17) is 0 Å². The van der Waals surface area contributed by atoms with Gasteiger partial charge in [0.1, 0.15) is 0 Å². The molecule has 1 saturated heterocycles.